The third-order valence-corrected chi connectivity index (χ3v) is 2.89. The molecule has 0 aliphatic rings. The largest absolute Gasteiger partial charge is 0.493 e. The summed E-state index contributed by atoms with van der Waals surface area (Å²) in [5.41, 5.74) is 0.512. The van der Waals surface area contributed by atoms with E-state index in [0.29, 0.717) is 24.5 Å². The molecule has 0 saturated heterocycles. The van der Waals surface area contributed by atoms with E-state index in [2.05, 4.69) is 6.92 Å². The lowest BCUT2D eigenvalue weighted by Gasteiger charge is -2.09. The van der Waals surface area contributed by atoms with Crippen molar-refractivity contribution in [1.82, 2.24) is 0 Å². The minimum Gasteiger partial charge on any atom is -0.493 e. The number of unbranched alkanes of at least 4 members (excludes halogenated alkanes) is 4. The lowest BCUT2D eigenvalue weighted by atomic mass is 10.2. The van der Waals surface area contributed by atoms with Crippen molar-refractivity contribution in [1.29, 1.82) is 0 Å². The van der Waals surface area contributed by atoms with E-state index in [1.165, 1.54) is 19.3 Å². The van der Waals surface area contributed by atoms with E-state index < -0.39 is 0 Å². The number of benzene rings is 1. The number of hydrogen-bond donors (Lipinski definition) is 0. The van der Waals surface area contributed by atoms with Crippen LogP contribution >= 0.6 is 0 Å². The third kappa shape index (κ3) is 5.77. The van der Waals surface area contributed by atoms with Crippen LogP contribution in [0.3, 0.4) is 0 Å². The molecular weight excluding hydrogens is 240 g/mol. The van der Waals surface area contributed by atoms with Crippen molar-refractivity contribution in [2.45, 2.75) is 46.0 Å². The minimum atomic E-state index is -0.292. The molecule has 0 heterocycles. The average molecular weight is 264 g/mol. The highest BCUT2D eigenvalue weighted by atomic mass is 16.5. The van der Waals surface area contributed by atoms with Gasteiger partial charge >= 0.3 is 5.97 Å². The van der Waals surface area contributed by atoms with Gasteiger partial charge in [0.25, 0.3) is 0 Å². The Hall–Kier alpha value is -1.51. The molecule has 0 amide bonds. The number of para-hydroxylation sites is 1. The molecule has 0 unspecified atom stereocenters. The molecule has 0 aliphatic heterocycles. The molecule has 0 radical (unpaired) electrons. The van der Waals surface area contributed by atoms with E-state index in [1.54, 1.807) is 12.1 Å². The van der Waals surface area contributed by atoms with Crippen molar-refractivity contribution in [2.24, 2.45) is 0 Å². The SMILES string of the molecule is CCCCCCCOC(=O)c1ccccc1OCC. The zero-order valence-electron chi connectivity index (χ0n) is 12.0. The van der Waals surface area contributed by atoms with E-state index in [-0.39, 0.29) is 5.97 Å². The van der Waals surface area contributed by atoms with Crippen LogP contribution in [0.25, 0.3) is 0 Å². The van der Waals surface area contributed by atoms with E-state index in [0.717, 1.165) is 12.8 Å². The number of esters is 1. The van der Waals surface area contributed by atoms with E-state index >= 15 is 0 Å². The van der Waals surface area contributed by atoms with Crippen LogP contribution < -0.4 is 4.74 Å². The van der Waals surface area contributed by atoms with Gasteiger partial charge in [0.05, 0.1) is 13.2 Å². The first-order valence-electron chi connectivity index (χ1n) is 7.18. The van der Waals surface area contributed by atoms with Crippen molar-refractivity contribution in [2.75, 3.05) is 13.2 Å². The smallest absolute Gasteiger partial charge is 0.341 e. The summed E-state index contributed by atoms with van der Waals surface area (Å²) < 4.78 is 10.7. The number of carbonyl (C=O) groups excluding carboxylic acids is 1. The standard InChI is InChI=1S/C16H24O3/c1-3-5-6-7-10-13-19-16(17)14-11-8-9-12-15(14)18-4-2/h8-9,11-12H,3-7,10,13H2,1-2H3. The molecule has 0 spiro atoms. The molecule has 0 aromatic heterocycles. The van der Waals surface area contributed by atoms with Gasteiger partial charge in [-0.1, -0.05) is 44.7 Å². The van der Waals surface area contributed by atoms with Crippen LogP contribution in [0.4, 0.5) is 0 Å². The second-order valence-corrected chi connectivity index (χ2v) is 4.48. The molecule has 0 saturated carbocycles. The van der Waals surface area contributed by atoms with Crippen LogP contribution in [0.5, 0.6) is 5.75 Å². The first-order chi connectivity index (χ1) is 9.29. The zero-order chi connectivity index (χ0) is 13.9. The highest BCUT2D eigenvalue weighted by Crippen LogP contribution is 2.19. The van der Waals surface area contributed by atoms with Crippen LogP contribution in [0.2, 0.25) is 0 Å². The van der Waals surface area contributed by atoms with Crippen molar-refractivity contribution < 1.29 is 14.3 Å². The Labute approximate surface area is 115 Å². The summed E-state index contributed by atoms with van der Waals surface area (Å²) >= 11 is 0. The maximum absolute atomic E-state index is 11.9. The summed E-state index contributed by atoms with van der Waals surface area (Å²) in [5, 5.41) is 0. The second kappa shape index (κ2) is 9.42. The predicted molar refractivity (Wildman–Crippen MR) is 76.7 cm³/mol. The van der Waals surface area contributed by atoms with Crippen LogP contribution in [-0.4, -0.2) is 19.2 Å². The Morgan fingerprint density at radius 3 is 2.53 bits per heavy atom. The fourth-order valence-electron chi connectivity index (χ4n) is 1.86. The monoisotopic (exact) mass is 264 g/mol. The second-order valence-electron chi connectivity index (χ2n) is 4.48. The fourth-order valence-corrected chi connectivity index (χ4v) is 1.86. The van der Waals surface area contributed by atoms with Gasteiger partial charge in [0, 0.05) is 0 Å². The molecule has 1 aromatic carbocycles. The molecule has 0 N–H and O–H groups in total. The number of carbonyl (C=O) groups is 1. The maximum atomic E-state index is 11.9. The summed E-state index contributed by atoms with van der Waals surface area (Å²) in [5.74, 6) is 0.306. The topological polar surface area (TPSA) is 35.5 Å². The highest BCUT2D eigenvalue weighted by molar-refractivity contribution is 5.92. The lowest BCUT2D eigenvalue weighted by Crippen LogP contribution is -2.09. The lowest BCUT2D eigenvalue weighted by molar-refractivity contribution is 0.0493. The molecule has 0 atom stereocenters. The Kier molecular flexibility index (Phi) is 7.71. The zero-order valence-corrected chi connectivity index (χ0v) is 12.0. The Bertz CT molecular complexity index is 374. The molecule has 0 bridgehead atoms. The minimum absolute atomic E-state index is 0.292. The molecule has 1 aromatic rings. The maximum Gasteiger partial charge on any atom is 0.341 e. The van der Waals surface area contributed by atoms with Crippen LogP contribution in [0.15, 0.2) is 24.3 Å². The van der Waals surface area contributed by atoms with E-state index in [9.17, 15) is 4.79 Å². The van der Waals surface area contributed by atoms with Crippen molar-refractivity contribution in [3.8, 4) is 5.75 Å². The van der Waals surface area contributed by atoms with Crippen LogP contribution in [0.1, 0.15) is 56.3 Å². The predicted octanol–water partition coefficient (Wildman–Crippen LogP) is 4.21. The van der Waals surface area contributed by atoms with Crippen LogP contribution in [-0.2, 0) is 4.74 Å². The Morgan fingerprint density at radius 2 is 1.79 bits per heavy atom. The number of hydrogen-bond acceptors (Lipinski definition) is 3. The first kappa shape index (κ1) is 15.5. The van der Waals surface area contributed by atoms with E-state index in [1.807, 2.05) is 19.1 Å². The van der Waals surface area contributed by atoms with Gasteiger partial charge in [0.1, 0.15) is 11.3 Å². The van der Waals surface area contributed by atoms with Crippen molar-refractivity contribution in [3.05, 3.63) is 29.8 Å². The average Bonchev–Trinajstić information content (AvgIpc) is 2.43. The number of rotatable bonds is 9. The Balaban J connectivity index is 2.36. The summed E-state index contributed by atoms with van der Waals surface area (Å²) in [6.45, 7) is 5.12. The van der Waals surface area contributed by atoms with Crippen LogP contribution in [0, 0.1) is 0 Å². The molecule has 3 heteroatoms. The van der Waals surface area contributed by atoms with Gasteiger partial charge in [0.15, 0.2) is 0 Å². The molecule has 1 rings (SSSR count). The van der Waals surface area contributed by atoms with Gasteiger partial charge in [-0.05, 0) is 25.5 Å². The highest BCUT2D eigenvalue weighted by Gasteiger charge is 2.12. The van der Waals surface area contributed by atoms with Gasteiger partial charge in [-0.3, -0.25) is 0 Å². The fraction of sp³-hybridized carbons (Fsp3) is 0.562. The molecular formula is C16H24O3. The molecule has 19 heavy (non-hydrogen) atoms. The molecule has 3 nitrogen and oxygen atoms in total. The molecule has 106 valence electrons. The first-order valence-corrected chi connectivity index (χ1v) is 7.18. The van der Waals surface area contributed by atoms with Gasteiger partial charge in [0.2, 0.25) is 0 Å². The van der Waals surface area contributed by atoms with Gasteiger partial charge in [-0.2, -0.15) is 0 Å². The van der Waals surface area contributed by atoms with Gasteiger partial charge in [-0.15, -0.1) is 0 Å². The quantitative estimate of drug-likeness (QED) is 0.495. The summed E-state index contributed by atoms with van der Waals surface area (Å²) in [4.78, 5) is 11.9. The summed E-state index contributed by atoms with van der Waals surface area (Å²) in [6.07, 6.45) is 5.74. The summed E-state index contributed by atoms with van der Waals surface area (Å²) in [7, 11) is 0. The normalized spacial score (nSPS) is 10.2. The Morgan fingerprint density at radius 1 is 1.05 bits per heavy atom. The van der Waals surface area contributed by atoms with E-state index in [4.69, 9.17) is 9.47 Å². The van der Waals surface area contributed by atoms with Crippen molar-refractivity contribution in [3.63, 3.8) is 0 Å². The number of ether oxygens (including phenoxy) is 2. The summed E-state index contributed by atoms with van der Waals surface area (Å²) in [6, 6.07) is 7.21. The molecule has 0 fully saturated rings. The van der Waals surface area contributed by atoms with Gasteiger partial charge in [-0.25, -0.2) is 4.79 Å². The van der Waals surface area contributed by atoms with Gasteiger partial charge < -0.3 is 9.47 Å². The molecule has 0 aliphatic carbocycles. The third-order valence-electron chi connectivity index (χ3n) is 2.89. The van der Waals surface area contributed by atoms with Crippen molar-refractivity contribution >= 4 is 5.97 Å².